The topological polar surface area (TPSA) is 43.4 Å². The Balaban J connectivity index is 1.51. The van der Waals surface area contributed by atoms with Crippen molar-refractivity contribution in [3.8, 4) is 11.4 Å². The van der Waals surface area contributed by atoms with Crippen molar-refractivity contribution in [2.75, 3.05) is 6.54 Å². The molecule has 1 saturated heterocycles. The number of hydrogen-bond donors (Lipinski definition) is 1. The molecule has 0 spiro atoms. The molecule has 1 aromatic carbocycles. The highest BCUT2D eigenvalue weighted by atomic mass is 32.1. The smallest absolute Gasteiger partial charge is 0.282 e. The Bertz CT molecular complexity index is 723. The van der Waals surface area contributed by atoms with Gasteiger partial charge in [-0.05, 0) is 11.4 Å². The molecule has 5 heteroatoms. The summed E-state index contributed by atoms with van der Waals surface area (Å²) in [5.41, 5.74) is 1.00. The van der Waals surface area contributed by atoms with E-state index in [2.05, 4.69) is 27.7 Å². The Morgan fingerprint density at radius 2 is 2.09 bits per heavy atom. The predicted octanol–water partition coefficient (Wildman–Crippen LogP) is 2.72. The van der Waals surface area contributed by atoms with Crippen molar-refractivity contribution in [2.45, 2.75) is 25.4 Å². The Hall–Kier alpha value is -1.98. The first-order valence-corrected chi connectivity index (χ1v) is 8.54. The van der Waals surface area contributed by atoms with E-state index >= 15 is 0 Å². The summed E-state index contributed by atoms with van der Waals surface area (Å²) in [4.78, 5) is 7.57. The van der Waals surface area contributed by atoms with Crippen LogP contribution in [0.1, 0.15) is 29.7 Å². The summed E-state index contributed by atoms with van der Waals surface area (Å²) in [7, 11) is 0. The Labute approximate surface area is 133 Å². The fraction of sp³-hybridized carbons (Fsp3) is 0.294. The van der Waals surface area contributed by atoms with Crippen molar-refractivity contribution >= 4 is 11.3 Å². The minimum absolute atomic E-state index is 0.576. The number of thiophene rings is 1. The van der Waals surface area contributed by atoms with E-state index in [1.54, 1.807) is 0 Å². The van der Waals surface area contributed by atoms with Crippen LogP contribution in [0.2, 0.25) is 0 Å². The van der Waals surface area contributed by atoms with Crippen LogP contribution in [0, 0.1) is 0 Å². The van der Waals surface area contributed by atoms with Crippen LogP contribution in [-0.2, 0) is 6.54 Å². The van der Waals surface area contributed by atoms with Gasteiger partial charge in [-0.3, -0.25) is 0 Å². The molecule has 2 atom stereocenters. The van der Waals surface area contributed by atoms with Crippen molar-refractivity contribution in [2.24, 2.45) is 0 Å². The maximum atomic E-state index is 5.47. The van der Waals surface area contributed by atoms with Crippen molar-refractivity contribution in [3.05, 3.63) is 58.6 Å². The van der Waals surface area contributed by atoms with Gasteiger partial charge in [0.25, 0.3) is 5.89 Å². The Morgan fingerprint density at radius 1 is 1.18 bits per heavy atom. The van der Waals surface area contributed by atoms with Crippen LogP contribution in [0.4, 0.5) is 0 Å². The molecule has 1 fully saturated rings. The molecular weight excluding hydrogens is 294 g/mol. The van der Waals surface area contributed by atoms with Gasteiger partial charge in [-0.15, -0.1) is 11.3 Å². The molecule has 3 aromatic rings. The average Bonchev–Trinajstić information content (AvgIpc) is 3.30. The quantitative estimate of drug-likeness (QED) is 0.805. The van der Waals surface area contributed by atoms with Gasteiger partial charge in [0.1, 0.15) is 6.04 Å². The first kappa shape index (κ1) is 13.7. The molecule has 1 unspecified atom stereocenters. The summed E-state index contributed by atoms with van der Waals surface area (Å²) in [6, 6.07) is 14.9. The summed E-state index contributed by atoms with van der Waals surface area (Å²) in [6.45, 7) is 1.98. The van der Waals surface area contributed by atoms with Crippen LogP contribution in [0.15, 0.2) is 52.4 Å². The highest BCUT2D eigenvalue weighted by Gasteiger charge is 2.32. The number of nitrogens with zero attached hydrogens (tertiary/aromatic N) is 2. The van der Waals surface area contributed by atoms with Crippen LogP contribution in [0.5, 0.6) is 0 Å². The summed E-state index contributed by atoms with van der Waals surface area (Å²) < 4.78 is 5.47. The second-order valence-electron chi connectivity index (χ2n) is 5.67. The van der Waals surface area contributed by atoms with E-state index in [1.165, 1.54) is 29.2 Å². The maximum Gasteiger partial charge on any atom is 0.282 e. The van der Waals surface area contributed by atoms with Gasteiger partial charge < -0.3 is 9.42 Å². The third-order valence-electron chi connectivity index (χ3n) is 4.25. The third-order valence-corrected chi connectivity index (χ3v) is 5.23. The highest BCUT2D eigenvalue weighted by Crippen LogP contribution is 2.24. The molecule has 0 bridgehead atoms. The minimum Gasteiger partial charge on any atom is -0.333 e. The fourth-order valence-electron chi connectivity index (χ4n) is 3.18. The lowest BCUT2D eigenvalue weighted by atomic mass is 10.2. The fourth-order valence-corrected chi connectivity index (χ4v) is 4.10. The molecule has 112 valence electrons. The molecule has 2 aromatic heterocycles. The Kier molecular flexibility index (Phi) is 3.74. The minimum atomic E-state index is 0.576. The predicted molar refractivity (Wildman–Crippen MR) is 85.6 cm³/mol. The van der Waals surface area contributed by atoms with Crippen LogP contribution >= 0.6 is 11.3 Å². The van der Waals surface area contributed by atoms with Gasteiger partial charge in [-0.25, -0.2) is 0 Å². The van der Waals surface area contributed by atoms with E-state index in [4.69, 9.17) is 4.52 Å². The van der Waals surface area contributed by atoms with Crippen molar-refractivity contribution < 1.29 is 9.42 Å². The number of benzene rings is 1. The van der Waals surface area contributed by atoms with Gasteiger partial charge >= 0.3 is 0 Å². The number of rotatable bonds is 4. The zero-order valence-electron chi connectivity index (χ0n) is 12.2. The van der Waals surface area contributed by atoms with Gasteiger partial charge in [-0.1, -0.05) is 41.6 Å². The third kappa shape index (κ3) is 2.69. The number of hydrogen-bond acceptors (Lipinski definition) is 4. The molecule has 1 N–H and O–H groups in total. The molecule has 0 aliphatic carbocycles. The lowest BCUT2D eigenvalue weighted by Crippen LogP contribution is -3.08. The lowest BCUT2D eigenvalue weighted by Gasteiger charge is -2.18. The number of nitrogens with one attached hydrogen (secondary N) is 1. The van der Waals surface area contributed by atoms with Gasteiger partial charge in [0.05, 0.1) is 11.4 Å². The van der Waals surface area contributed by atoms with Gasteiger partial charge in [0.2, 0.25) is 5.82 Å². The zero-order chi connectivity index (χ0) is 14.8. The standard InChI is InChI=1S/C17H17N3OS/c1-2-6-13(7-3-1)17-18-16(21-19-17)12-20-10-4-8-14(20)15-9-5-11-22-15/h1-3,5-7,9,11,14H,4,8,10,12H2/p+1/t14-/m1/s1. The monoisotopic (exact) mass is 312 g/mol. The van der Waals surface area contributed by atoms with E-state index in [0.29, 0.717) is 11.9 Å². The SMILES string of the molecule is c1ccc(-c2noc(C[NH+]3CCC[C@@H]3c3cccs3)n2)cc1. The first-order valence-electron chi connectivity index (χ1n) is 7.66. The second-order valence-corrected chi connectivity index (χ2v) is 6.65. The van der Waals surface area contributed by atoms with Crippen molar-refractivity contribution in [3.63, 3.8) is 0 Å². The van der Waals surface area contributed by atoms with Gasteiger partial charge in [0, 0.05) is 18.4 Å². The summed E-state index contributed by atoms with van der Waals surface area (Å²) in [6.07, 6.45) is 2.51. The number of aromatic nitrogens is 2. The average molecular weight is 312 g/mol. The summed E-state index contributed by atoms with van der Waals surface area (Å²) in [5, 5.41) is 6.28. The van der Waals surface area contributed by atoms with Gasteiger partial charge in [0.15, 0.2) is 6.54 Å². The molecule has 0 saturated carbocycles. The van der Waals surface area contributed by atoms with E-state index in [1.807, 2.05) is 41.7 Å². The molecule has 4 nitrogen and oxygen atoms in total. The first-order chi connectivity index (χ1) is 10.9. The highest BCUT2D eigenvalue weighted by molar-refractivity contribution is 7.10. The zero-order valence-corrected chi connectivity index (χ0v) is 13.1. The molecule has 0 amide bonds. The molecule has 22 heavy (non-hydrogen) atoms. The van der Waals surface area contributed by atoms with Crippen molar-refractivity contribution in [1.82, 2.24) is 10.1 Å². The van der Waals surface area contributed by atoms with Crippen molar-refractivity contribution in [1.29, 1.82) is 0 Å². The van der Waals surface area contributed by atoms with Crippen LogP contribution in [0.25, 0.3) is 11.4 Å². The lowest BCUT2D eigenvalue weighted by molar-refractivity contribution is -0.932. The second kappa shape index (κ2) is 6.02. The van der Waals surface area contributed by atoms with E-state index in [0.717, 1.165) is 18.0 Å². The Morgan fingerprint density at radius 3 is 2.91 bits per heavy atom. The number of quaternary nitrogens is 1. The van der Waals surface area contributed by atoms with E-state index in [-0.39, 0.29) is 0 Å². The molecule has 1 aliphatic heterocycles. The largest absolute Gasteiger partial charge is 0.333 e. The normalized spacial score (nSPS) is 21.3. The molecule has 4 rings (SSSR count). The van der Waals surface area contributed by atoms with Crippen LogP contribution in [0.3, 0.4) is 0 Å². The van der Waals surface area contributed by atoms with Gasteiger partial charge in [-0.2, -0.15) is 4.98 Å². The summed E-state index contributed by atoms with van der Waals surface area (Å²) in [5.74, 6) is 1.42. The molecule has 3 heterocycles. The van der Waals surface area contributed by atoms with Crippen LogP contribution < -0.4 is 4.90 Å². The molecular formula is C17H18N3OS+. The maximum absolute atomic E-state index is 5.47. The summed E-state index contributed by atoms with van der Waals surface area (Å²) >= 11 is 1.85. The van der Waals surface area contributed by atoms with E-state index < -0.39 is 0 Å². The molecule has 0 radical (unpaired) electrons. The van der Waals surface area contributed by atoms with Crippen LogP contribution in [-0.4, -0.2) is 16.7 Å². The number of likely N-dealkylation sites (tertiary alicyclic amines) is 1. The van der Waals surface area contributed by atoms with E-state index in [9.17, 15) is 0 Å². The molecule has 1 aliphatic rings.